The maximum absolute atomic E-state index is 11.4. The maximum Gasteiger partial charge on any atom is 0.321 e. The number of imide groups is 1. The molecule has 116 valence electrons. The molecule has 0 spiro atoms. The van der Waals surface area contributed by atoms with E-state index in [0.29, 0.717) is 0 Å². The third kappa shape index (κ3) is 11.4. The Morgan fingerprint density at radius 1 is 1.25 bits per heavy atom. The lowest BCUT2D eigenvalue weighted by Crippen LogP contribution is -2.40. The summed E-state index contributed by atoms with van der Waals surface area (Å²) in [6, 6.07) is -0.757. The van der Waals surface area contributed by atoms with Crippen molar-refractivity contribution in [3.63, 3.8) is 0 Å². The van der Waals surface area contributed by atoms with Crippen molar-refractivity contribution < 1.29 is 27.9 Å². The normalized spacial score (nSPS) is 12.5. The fourth-order valence-corrected chi connectivity index (χ4v) is 1.93. The molecule has 0 rings (SSSR count). The number of aliphatic carboxylic acids is 1. The average molecular weight is 309 g/mol. The van der Waals surface area contributed by atoms with Gasteiger partial charge in [-0.1, -0.05) is 6.92 Å². The van der Waals surface area contributed by atoms with Gasteiger partial charge in [-0.15, -0.1) is 0 Å². The van der Waals surface area contributed by atoms with Crippen molar-refractivity contribution in [2.24, 2.45) is 11.1 Å². The molecular formula is C10H19N3O6S. The van der Waals surface area contributed by atoms with Crippen molar-refractivity contribution in [3.05, 3.63) is 0 Å². The van der Waals surface area contributed by atoms with Crippen molar-refractivity contribution >= 4 is 27.9 Å². The number of hydrogen-bond donors (Lipinski definition) is 4. The second kappa shape index (κ2) is 8.48. The Morgan fingerprint density at radius 3 is 2.35 bits per heavy atom. The van der Waals surface area contributed by atoms with E-state index < -0.39 is 27.9 Å². The van der Waals surface area contributed by atoms with Gasteiger partial charge in [-0.2, -0.15) is 0 Å². The molecule has 5 N–H and O–H groups in total. The van der Waals surface area contributed by atoms with Crippen LogP contribution in [0.2, 0.25) is 0 Å². The summed E-state index contributed by atoms with van der Waals surface area (Å²) in [4.78, 5) is 33.0. The summed E-state index contributed by atoms with van der Waals surface area (Å²) >= 11 is 0. The van der Waals surface area contributed by atoms with E-state index in [1.807, 2.05) is 5.32 Å². The van der Waals surface area contributed by atoms with E-state index in [0.717, 1.165) is 0 Å². The minimum Gasteiger partial charge on any atom is -0.481 e. The minimum atomic E-state index is -3.57. The van der Waals surface area contributed by atoms with E-state index in [9.17, 15) is 22.8 Å². The van der Waals surface area contributed by atoms with Crippen LogP contribution in [0.5, 0.6) is 0 Å². The summed E-state index contributed by atoms with van der Waals surface area (Å²) in [5.74, 6) is -2.26. The molecule has 20 heavy (non-hydrogen) atoms. The van der Waals surface area contributed by atoms with Gasteiger partial charge in [-0.05, 0) is 12.3 Å². The Hall–Kier alpha value is -1.68. The van der Waals surface area contributed by atoms with Gasteiger partial charge in [0, 0.05) is 19.4 Å². The van der Waals surface area contributed by atoms with Crippen molar-refractivity contribution in [2.45, 2.75) is 26.2 Å². The number of nitrogens with two attached hydrogens (primary N) is 1. The number of nitrogens with one attached hydrogen (secondary N) is 2. The molecule has 0 aromatic heterocycles. The fraction of sp³-hybridized carbons (Fsp3) is 0.700. The zero-order valence-electron chi connectivity index (χ0n) is 11.1. The van der Waals surface area contributed by atoms with Crippen LogP contribution >= 0.6 is 0 Å². The molecule has 0 saturated carbocycles. The molecule has 0 aromatic rings. The summed E-state index contributed by atoms with van der Waals surface area (Å²) in [6.07, 6.45) is -0.115. The smallest absolute Gasteiger partial charge is 0.321 e. The summed E-state index contributed by atoms with van der Waals surface area (Å²) < 4.78 is 21.2. The molecule has 0 aromatic carbocycles. The highest BCUT2D eigenvalue weighted by Crippen LogP contribution is 2.06. The first kappa shape index (κ1) is 18.3. The van der Waals surface area contributed by atoms with Crippen molar-refractivity contribution in [2.75, 3.05) is 12.3 Å². The zero-order chi connectivity index (χ0) is 15.8. The molecule has 0 aliphatic heterocycles. The zero-order valence-corrected chi connectivity index (χ0v) is 11.9. The van der Waals surface area contributed by atoms with Crippen molar-refractivity contribution in [3.8, 4) is 0 Å². The summed E-state index contributed by atoms with van der Waals surface area (Å²) in [7, 11) is -3.57. The predicted octanol–water partition coefficient (Wildman–Crippen LogP) is -1.01. The molecular weight excluding hydrogens is 290 g/mol. The van der Waals surface area contributed by atoms with Crippen LogP contribution in [0.1, 0.15) is 26.2 Å². The minimum absolute atomic E-state index is 0.0558. The van der Waals surface area contributed by atoms with Crippen LogP contribution in [0.4, 0.5) is 4.79 Å². The monoisotopic (exact) mass is 309 g/mol. The number of hydrogen-bond acceptors (Lipinski definition) is 5. The lowest BCUT2D eigenvalue weighted by Gasteiger charge is -2.09. The SMILES string of the molecule is CC(CC(=O)O)CC(=O)NC(=O)NCCCS(N)(=O)=O. The Kier molecular flexibility index (Phi) is 7.77. The topological polar surface area (TPSA) is 156 Å². The Bertz CT molecular complexity index is 462. The van der Waals surface area contributed by atoms with Gasteiger partial charge in [0.1, 0.15) is 0 Å². The van der Waals surface area contributed by atoms with Crippen LogP contribution < -0.4 is 15.8 Å². The number of urea groups is 1. The first-order valence-electron chi connectivity index (χ1n) is 5.90. The highest BCUT2D eigenvalue weighted by Gasteiger charge is 2.14. The lowest BCUT2D eigenvalue weighted by atomic mass is 10.0. The second-order valence-corrected chi connectivity index (χ2v) is 6.17. The molecule has 9 nitrogen and oxygen atoms in total. The van der Waals surface area contributed by atoms with E-state index >= 15 is 0 Å². The number of carbonyl (C=O) groups is 3. The lowest BCUT2D eigenvalue weighted by molar-refractivity contribution is -0.138. The van der Waals surface area contributed by atoms with E-state index in [4.69, 9.17) is 10.2 Å². The number of carboxylic acids is 1. The number of sulfonamides is 1. The highest BCUT2D eigenvalue weighted by atomic mass is 32.2. The van der Waals surface area contributed by atoms with E-state index in [2.05, 4.69) is 5.32 Å². The third-order valence-corrected chi connectivity index (χ3v) is 3.06. The summed E-state index contributed by atoms with van der Waals surface area (Å²) in [6.45, 7) is 1.64. The molecule has 0 aliphatic rings. The van der Waals surface area contributed by atoms with Crippen molar-refractivity contribution in [1.29, 1.82) is 0 Å². The Labute approximate surface area is 117 Å². The summed E-state index contributed by atoms with van der Waals surface area (Å²) in [5.41, 5.74) is 0. The van der Waals surface area contributed by atoms with Gasteiger partial charge in [0.15, 0.2) is 0 Å². The van der Waals surface area contributed by atoms with E-state index in [-0.39, 0.29) is 37.5 Å². The number of primary sulfonamides is 1. The molecule has 1 unspecified atom stereocenters. The molecule has 0 heterocycles. The van der Waals surface area contributed by atoms with Crippen LogP contribution in [0.3, 0.4) is 0 Å². The quantitative estimate of drug-likeness (QED) is 0.421. The van der Waals surface area contributed by atoms with E-state index in [1.165, 1.54) is 0 Å². The number of carboxylic acid groups (broad SMARTS) is 1. The van der Waals surface area contributed by atoms with Crippen LogP contribution in [0.15, 0.2) is 0 Å². The van der Waals surface area contributed by atoms with Gasteiger partial charge >= 0.3 is 12.0 Å². The number of rotatable bonds is 8. The number of carbonyl (C=O) groups excluding carboxylic acids is 2. The second-order valence-electron chi connectivity index (χ2n) is 4.43. The first-order chi connectivity index (χ1) is 9.10. The van der Waals surface area contributed by atoms with Gasteiger partial charge in [0.25, 0.3) is 0 Å². The summed E-state index contributed by atoms with van der Waals surface area (Å²) in [5, 5.41) is 17.6. The molecule has 0 fully saturated rings. The van der Waals surface area contributed by atoms with Crippen LogP contribution in [0.25, 0.3) is 0 Å². The molecule has 0 radical (unpaired) electrons. The van der Waals surface area contributed by atoms with E-state index in [1.54, 1.807) is 6.92 Å². The molecule has 10 heteroatoms. The van der Waals surface area contributed by atoms with Gasteiger partial charge in [-0.25, -0.2) is 18.4 Å². The molecule has 0 saturated heterocycles. The molecule has 0 bridgehead atoms. The number of amides is 3. The van der Waals surface area contributed by atoms with Crippen LogP contribution in [-0.2, 0) is 19.6 Å². The third-order valence-electron chi connectivity index (χ3n) is 2.20. The fourth-order valence-electron chi connectivity index (χ4n) is 1.38. The Balaban J connectivity index is 3.85. The van der Waals surface area contributed by atoms with Crippen LogP contribution in [-0.4, -0.2) is 43.7 Å². The van der Waals surface area contributed by atoms with Crippen molar-refractivity contribution in [1.82, 2.24) is 10.6 Å². The average Bonchev–Trinajstić information content (AvgIpc) is 2.21. The van der Waals surface area contributed by atoms with Gasteiger partial charge in [0.05, 0.1) is 5.75 Å². The van der Waals surface area contributed by atoms with Gasteiger partial charge in [0.2, 0.25) is 15.9 Å². The predicted molar refractivity (Wildman–Crippen MR) is 70.2 cm³/mol. The molecule has 3 amide bonds. The molecule has 0 aliphatic carbocycles. The first-order valence-corrected chi connectivity index (χ1v) is 7.61. The highest BCUT2D eigenvalue weighted by molar-refractivity contribution is 7.89. The maximum atomic E-state index is 11.4. The van der Waals surface area contributed by atoms with Crippen LogP contribution in [0, 0.1) is 5.92 Å². The standard InChI is InChI=1S/C10H19N3O6S/c1-7(6-9(15)16)5-8(14)13-10(17)12-3-2-4-20(11,18)19/h7H,2-6H2,1H3,(H,15,16)(H2,11,18,19)(H2,12,13,14,17). The largest absolute Gasteiger partial charge is 0.481 e. The van der Waals surface area contributed by atoms with Gasteiger partial charge in [-0.3, -0.25) is 14.9 Å². The Morgan fingerprint density at radius 2 is 1.85 bits per heavy atom. The molecule has 1 atom stereocenters. The van der Waals surface area contributed by atoms with Gasteiger partial charge < -0.3 is 10.4 Å².